The zero-order valence-electron chi connectivity index (χ0n) is 13.6. The van der Waals surface area contributed by atoms with E-state index in [1.54, 1.807) is 19.3 Å². The Morgan fingerprint density at radius 1 is 1.52 bits per heavy atom. The Balaban J connectivity index is 2.11. The highest BCUT2D eigenvalue weighted by atomic mass is 16.6. The normalized spacial score (nSPS) is 26.3. The zero-order chi connectivity index (χ0) is 18.6. The number of hydrogen-bond acceptors (Lipinski definition) is 9. The maximum absolute atomic E-state index is 12.0. The van der Waals surface area contributed by atoms with Crippen molar-refractivity contribution in [2.75, 3.05) is 6.61 Å². The molecule has 0 spiro atoms. The summed E-state index contributed by atoms with van der Waals surface area (Å²) in [5.41, 5.74) is 0.901. The van der Waals surface area contributed by atoms with Gasteiger partial charge in [0.1, 0.15) is 31.3 Å². The summed E-state index contributed by atoms with van der Waals surface area (Å²) < 4.78 is 11.4. The Kier molecular flexibility index (Phi) is 6.20. The summed E-state index contributed by atoms with van der Waals surface area (Å²) in [5.74, 6) is -0.780. The number of hydroxylamine groups is 1. The van der Waals surface area contributed by atoms with Crippen molar-refractivity contribution in [2.24, 2.45) is 10.9 Å². The van der Waals surface area contributed by atoms with Crippen molar-refractivity contribution in [3.05, 3.63) is 22.7 Å². The molecule has 0 aromatic carbocycles. The Hall–Kier alpha value is -2.34. The Bertz CT molecular complexity index is 690. The molecule has 0 bridgehead atoms. The van der Waals surface area contributed by atoms with Crippen LogP contribution in [-0.2, 0) is 14.3 Å². The molecule has 1 aromatic heterocycles. The number of hydrogen-bond donors (Lipinski definition) is 4. The minimum atomic E-state index is -1.41. The van der Waals surface area contributed by atoms with E-state index in [-0.39, 0.29) is 18.3 Å². The molecule has 138 valence electrons. The summed E-state index contributed by atoms with van der Waals surface area (Å²) >= 11 is 0. The molecule has 1 aliphatic rings. The zero-order valence-corrected chi connectivity index (χ0v) is 13.6. The van der Waals surface area contributed by atoms with Crippen LogP contribution >= 0.6 is 0 Å². The number of carbonyl (C=O) groups is 1. The van der Waals surface area contributed by atoms with Gasteiger partial charge in [-0.25, -0.2) is 9.79 Å². The second kappa shape index (κ2) is 8.16. The van der Waals surface area contributed by atoms with E-state index in [4.69, 9.17) is 14.7 Å². The SMILES string of the molecule is CC(C)C(=O)OC[C@H]1O[C@@H](n2ccc(N=CNO)nc2=O)[C@H](O)[C@@H]1O. The van der Waals surface area contributed by atoms with E-state index in [2.05, 4.69) is 9.98 Å². The number of esters is 1. The first-order chi connectivity index (χ1) is 11.8. The van der Waals surface area contributed by atoms with Gasteiger partial charge < -0.3 is 19.7 Å². The van der Waals surface area contributed by atoms with Crippen LogP contribution in [-0.4, -0.2) is 62.2 Å². The highest BCUT2D eigenvalue weighted by Gasteiger charge is 2.44. The van der Waals surface area contributed by atoms with Gasteiger partial charge in [0.25, 0.3) is 0 Å². The average Bonchev–Trinajstić information content (AvgIpc) is 2.86. The largest absolute Gasteiger partial charge is 0.463 e. The van der Waals surface area contributed by atoms with Crippen molar-refractivity contribution in [3.8, 4) is 0 Å². The summed E-state index contributed by atoms with van der Waals surface area (Å²) in [6.07, 6.45) is -2.71. The third-order valence-electron chi connectivity index (χ3n) is 3.54. The van der Waals surface area contributed by atoms with Crippen LogP contribution in [0.4, 0.5) is 5.82 Å². The van der Waals surface area contributed by atoms with Crippen molar-refractivity contribution >= 4 is 18.1 Å². The molecule has 11 heteroatoms. The Morgan fingerprint density at radius 2 is 2.24 bits per heavy atom. The molecule has 0 unspecified atom stereocenters. The summed E-state index contributed by atoms with van der Waals surface area (Å²) in [6, 6.07) is 1.35. The number of ether oxygens (including phenoxy) is 2. The number of aromatic nitrogens is 2. The molecule has 0 saturated carbocycles. The van der Waals surface area contributed by atoms with Crippen molar-refractivity contribution in [3.63, 3.8) is 0 Å². The lowest BCUT2D eigenvalue weighted by Crippen LogP contribution is -2.36. The number of aliphatic hydroxyl groups is 2. The first-order valence-corrected chi connectivity index (χ1v) is 7.54. The van der Waals surface area contributed by atoms with Gasteiger partial charge in [-0.05, 0) is 6.07 Å². The minimum Gasteiger partial charge on any atom is -0.463 e. The molecular formula is C14H20N4O7. The molecule has 25 heavy (non-hydrogen) atoms. The topological polar surface area (TPSA) is 155 Å². The fourth-order valence-electron chi connectivity index (χ4n) is 2.19. The van der Waals surface area contributed by atoms with Gasteiger partial charge >= 0.3 is 11.7 Å². The van der Waals surface area contributed by atoms with Gasteiger partial charge in [-0.3, -0.25) is 20.0 Å². The highest BCUT2D eigenvalue weighted by Crippen LogP contribution is 2.28. The summed E-state index contributed by atoms with van der Waals surface area (Å²) in [6.45, 7) is 3.07. The van der Waals surface area contributed by atoms with E-state index in [0.29, 0.717) is 0 Å². The average molecular weight is 356 g/mol. The molecule has 0 aliphatic carbocycles. The second-order valence-electron chi connectivity index (χ2n) is 5.69. The molecule has 4 atom stereocenters. The summed E-state index contributed by atoms with van der Waals surface area (Å²) in [4.78, 5) is 30.8. The molecule has 0 radical (unpaired) electrons. The van der Waals surface area contributed by atoms with Crippen LogP contribution in [0, 0.1) is 5.92 Å². The van der Waals surface area contributed by atoms with Crippen LogP contribution in [0.3, 0.4) is 0 Å². The number of nitrogens with one attached hydrogen (secondary N) is 1. The monoisotopic (exact) mass is 356 g/mol. The molecule has 0 amide bonds. The summed E-state index contributed by atoms with van der Waals surface area (Å²) in [7, 11) is 0. The number of carbonyl (C=O) groups excluding carboxylic acids is 1. The maximum Gasteiger partial charge on any atom is 0.351 e. The van der Waals surface area contributed by atoms with E-state index in [1.165, 1.54) is 12.3 Å². The van der Waals surface area contributed by atoms with E-state index in [1.807, 2.05) is 0 Å². The lowest BCUT2D eigenvalue weighted by Gasteiger charge is -2.17. The number of nitrogens with zero attached hydrogens (tertiary/aromatic N) is 3. The molecule has 1 aliphatic heterocycles. The quantitative estimate of drug-likeness (QED) is 0.210. The predicted octanol–water partition coefficient (Wildman–Crippen LogP) is -1.30. The fourth-order valence-corrected chi connectivity index (χ4v) is 2.19. The second-order valence-corrected chi connectivity index (χ2v) is 5.69. The third kappa shape index (κ3) is 4.39. The molecule has 1 fully saturated rings. The van der Waals surface area contributed by atoms with Gasteiger partial charge in [0.05, 0.1) is 5.92 Å². The van der Waals surface area contributed by atoms with Crippen molar-refractivity contribution in [1.29, 1.82) is 0 Å². The van der Waals surface area contributed by atoms with Gasteiger partial charge in [-0.1, -0.05) is 13.8 Å². The van der Waals surface area contributed by atoms with Crippen LogP contribution in [0.25, 0.3) is 0 Å². The third-order valence-corrected chi connectivity index (χ3v) is 3.54. The van der Waals surface area contributed by atoms with Crippen molar-refractivity contribution in [1.82, 2.24) is 15.0 Å². The van der Waals surface area contributed by atoms with Gasteiger partial charge in [0.2, 0.25) is 0 Å². The van der Waals surface area contributed by atoms with Crippen LogP contribution in [0.2, 0.25) is 0 Å². The number of aliphatic hydroxyl groups excluding tert-OH is 2. The molecular weight excluding hydrogens is 336 g/mol. The molecule has 1 saturated heterocycles. The summed E-state index contributed by atoms with van der Waals surface area (Å²) in [5, 5.41) is 28.6. The highest BCUT2D eigenvalue weighted by molar-refractivity contribution is 5.71. The Labute approximate surface area is 142 Å². The van der Waals surface area contributed by atoms with E-state index in [9.17, 15) is 19.8 Å². The van der Waals surface area contributed by atoms with Gasteiger partial charge in [-0.2, -0.15) is 4.98 Å². The number of aliphatic imine (C=N–C) groups is 1. The van der Waals surface area contributed by atoms with Crippen molar-refractivity contribution < 1.29 is 29.7 Å². The molecule has 1 aromatic rings. The predicted molar refractivity (Wildman–Crippen MR) is 83.3 cm³/mol. The first kappa shape index (κ1) is 19.0. The first-order valence-electron chi connectivity index (χ1n) is 7.54. The van der Waals surface area contributed by atoms with Gasteiger partial charge in [0.15, 0.2) is 12.0 Å². The van der Waals surface area contributed by atoms with Crippen LogP contribution in [0.15, 0.2) is 22.1 Å². The van der Waals surface area contributed by atoms with Crippen molar-refractivity contribution in [2.45, 2.75) is 38.4 Å². The lowest BCUT2D eigenvalue weighted by molar-refractivity contribution is -0.153. The van der Waals surface area contributed by atoms with E-state index >= 15 is 0 Å². The Morgan fingerprint density at radius 3 is 2.84 bits per heavy atom. The molecule has 4 N–H and O–H groups in total. The van der Waals surface area contributed by atoms with Gasteiger partial charge in [0, 0.05) is 6.20 Å². The molecule has 2 heterocycles. The van der Waals surface area contributed by atoms with Gasteiger partial charge in [-0.15, -0.1) is 0 Å². The fraction of sp³-hybridized carbons (Fsp3) is 0.571. The standard InChI is InChI=1S/C14H20N4O7/c1-7(2)13(21)24-5-8-10(19)11(20)12(25-8)18-4-3-9(15-6-16-23)17-14(18)22/h3-4,6-8,10-12,19-20,23H,5H2,1-2H3,(H,15,16,17,22)/t8-,10-,11-,12-/m1/s1. The van der Waals surface area contributed by atoms with Crippen LogP contribution in [0.5, 0.6) is 0 Å². The number of rotatable bonds is 6. The van der Waals surface area contributed by atoms with Crippen LogP contribution < -0.4 is 11.2 Å². The van der Waals surface area contributed by atoms with E-state index in [0.717, 1.165) is 10.9 Å². The lowest BCUT2D eigenvalue weighted by atomic mass is 10.1. The molecule has 2 rings (SSSR count). The van der Waals surface area contributed by atoms with E-state index < -0.39 is 36.2 Å². The molecule has 11 nitrogen and oxygen atoms in total. The minimum absolute atomic E-state index is 0.0262. The van der Waals surface area contributed by atoms with Crippen LogP contribution in [0.1, 0.15) is 20.1 Å². The maximum atomic E-state index is 12.0. The smallest absolute Gasteiger partial charge is 0.351 e.